The summed E-state index contributed by atoms with van der Waals surface area (Å²) in [6.07, 6.45) is 2.30. The highest BCUT2D eigenvalue weighted by Gasteiger charge is 2.37. The van der Waals surface area contributed by atoms with E-state index in [1.165, 1.54) is 26.0 Å². The fourth-order valence-electron chi connectivity index (χ4n) is 2.03. The molecule has 0 saturated carbocycles. The second-order valence-electron chi connectivity index (χ2n) is 4.44. The van der Waals surface area contributed by atoms with Crippen LogP contribution in [-0.4, -0.2) is 6.61 Å². The smallest absolute Gasteiger partial charge is 0.162 e. The zero-order valence-electron chi connectivity index (χ0n) is 11.0. The van der Waals surface area contributed by atoms with Gasteiger partial charge in [-0.1, -0.05) is 49.4 Å². The molecule has 0 bridgehead atoms. The van der Waals surface area contributed by atoms with E-state index in [1.807, 2.05) is 11.8 Å². The van der Waals surface area contributed by atoms with Gasteiger partial charge in [0, 0.05) is 0 Å². The molecule has 0 amide bonds. The monoisotopic (exact) mass is 289 g/mol. The molecule has 98 valence electrons. The quantitative estimate of drug-likeness (QED) is 0.583. The summed E-state index contributed by atoms with van der Waals surface area (Å²) < 4.78 is 6.19. The summed E-state index contributed by atoms with van der Waals surface area (Å²) in [5.41, 5.74) is 0. The molecule has 0 aromatic heterocycles. The summed E-state index contributed by atoms with van der Waals surface area (Å²) in [7, 11) is 0. The Bertz CT molecular complexity index is 523. The van der Waals surface area contributed by atoms with Gasteiger partial charge in [-0.05, 0) is 30.7 Å². The van der Waals surface area contributed by atoms with E-state index in [9.17, 15) is 0 Å². The van der Waals surface area contributed by atoms with E-state index in [1.54, 1.807) is 0 Å². The Hall–Kier alpha value is -0.900. The van der Waals surface area contributed by atoms with Crippen molar-refractivity contribution in [1.29, 1.82) is 0 Å². The molecule has 0 radical (unpaired) electrons. The van der Waals surface area contributed by atoms with Gasteiger partial charge in [-0.15, -0.1) is 0 Å². The van der Waals surface area contributed by atoms with Gasteiger partial charge in [0.05, 0.1) is 9.79 Å². The lowest BCUT2D eigenvalue weighted by Gasteiger charge is -2.16. The standard InChI is InChI=1S/C16H17OS2/c1-2-3-12-17-19-15-10-6-4-8-13(15)18-14-9-5-7-11-16(14)19/h4-11H,2-3,12H2,1H3/q+1. The third kappa shape index (κ3) is 2.69. The molecule has 2 aromatic rings. The van der Waals surface area contributed by atoms with Crippen molar-refractivity contribution in [2.75, 3.05) is 6.61 Å². The van der Waals surface area contributed by atoms with Gasteiger partial charge < -0.3 is 0 Å². The lowest BCUT2D eigenvalue weighted by Crippen LogP contribution is -2.14. The van der Waals surface area contributed by atoms with E-state index >= 15 is 0 Å². The van der Waals surface area contributed by atoms with Gasteiger partial charge in [0.2, 0.25) is 21.0 Å². The summed E-state index contributed by atoms with van der Waals surface area (Å²) in [4.78, 5) is 5.34. The molecule has 19 heavy (non-hydrogen) atoms. The number of hydrogen-bond acceptors (Lipinski definition) is 2. The van der Waals surface area contributed by atoms with Gasteiger partial charge in [0.15, 0.2) is 0 Å². The maximum Gasteiger partial charge on any atom is 0.225 e. The number of benzene rings is 2. The van der Waals surface area contributed by atoms with Crippen molar-refractivity contribution >= 4 is 22.9 Å². The second-order valence-corrected chi connectivity index (χ2v) is 7.18. The number of rotatable bonds is 4. The predicted molar refractivity (Wildman–Crippen MR) is 81.8 cm³/mol. The van der Waals surface area contributed by atoms with Crippen LogP contribution in [0.4, 0.5) is 0 Å². The molecule has 3 rings (SSSR count). The third-order valence-electron chi connectivity index (χ3n) is 3.02. The Morgan fingerprint density at radius 3 is 2.11 bits per heavy atom. The van der Waals surface area contributed by atoms with Crippen LogP contribution in [0.15, 0.2) is 68.1 Å². The molecule has 0 atom stereocenters. The zero-order chi connectivity index (χ0) is 13.1. The van der Waals surface area contributed by atoms with Crippen LogP contribution in [-0.2, 0) is 15.4 Å². The summed E-state index contributed by atoms with van der Waals surface area (Å²) in [6, 6.07) is 17.2. The van der Waals surface area contributed by atoms with Crippen molar-refractivity contribution in [2.24, 2.45) is 0 Å². The third-order valence-corrected chi connectivity index (χ3v) is 6.34. The molecule has 0 N–H and O–H groups in total. The molecule has 0 unspecified atom stereocenters. The largest absolute Gasteiger partial charge is 0.225 e. The van der Waals surface area contributed by atoms with Crippen molar-refractivity contribution in [3.8, 4) is 0 Å². The molecule has 3 heteroatoms. The van der Waals surface area contributed by atoms with Gasteiger partial charge in [-0.2, -0.15) is 4.18 Å². The van der Waals surface area contributed by atoms with Crippen LogP contribution in [0.3, 0.4) is 0 Å². The second kappa shape index (κ2) is 6.04. The van der Waals surface area contributed by atoms with Gasteiger partial charge in [0.25, 0.3) is 0 Å². The fraction of sp³-hybridized carbons (Fsp3) is 0.250. The van der Waals surface area contributed by atoms with E-state index in [0.717, 1.165) is 13.0 Å². The average Bonchev–Trinajstić information content (AvgIpc) is 2.46. The SMILES string of the molecule is CCCCO[S+]1c2ccccc2Sc2ccccc21. The highest BCUT2D eigenvalue weighted by Crippen LogP contribution is 2.45. The molecule has 0 aliphatic carbocycles. The van der Waals surface area contributed by atoms with E-state index in [-0.39, 0.29) is 11.2 Å². The van der Waals surface area contributed by atoms with E-state index < -0.39 is 0 Å². The molecule has 0 saturated heterocycles. The summed E-state index contributed by atoms with van der Waals surface area (Å²) in [5.74, 6) is 0. The first-order valence-electron chi connectivity index (χ1n) is 6.63. The molecule has 0 spiro atoms. The Morgan fingerprint density at radius 2 is 1.53 bits per heavy atom. The normalized spacial score (nSPS) is 13.9. The Kier molecular flexibility index (Phi) is 4.16. The van der Waals surface area contributed by atoms with Crippen LogP contribution in [0.25, 0.3) is 0 Å². The van der Waals surface area contributed by atoms with Crippen molar-refractivity contribution < 1.29 is 4.18 Å². The van der Waals surface area contributed by atoms with Crippen LogP contribution in [0.1, 0.15) is 19.8 Å². The van der Waals surface area contributed by atoms with Gasteiger partial charge in [0.1, 0.15) is 6.61 Å². The van der Waals surface area contributed by atoms with Crippen molar-refractivity contribution in [3.05, 3.63) is 48.5 Å². The Morgan fingerprint density at radius 1 is 0.947 bits per heavy atom. The molecule has 1 aliphatic rings. The van der Waals surface area contributed by atoms with Crippen LogP contribution in [0.2, 0.25) is 0 Å². The van der Waals surface area contributed by atoms with E-state index in [0.29, 0.717) is 0 Å². The highest BCUT2D eigenvalue weighted by atomic mass is 32.2. The minimum Gasteiger partial charge on any atom is -0.162 e. The van der Waals surface area contributed by atoms with E-state index in [2.05, 4.69) is 55.5 Å². The number of fused-ring (bicyclic) bond motifs is 2. The lowest BCUT2D eigenvalue weighted by molar-refractivity contribution is 0.348. The van der Waals surface area contributed by atoms with Crippen LogP contribution in [0, 0.1) is 0 Å². The van der Waals surface area contributed by atoms with Crippen molar-refractivity contribution in [1.82, 2.24) is 0 Å². The fourth-order valence-corrected chi connectivity index (χ4v) is 5.28. The number of hydrogen-bond donors (Lipinski definition) is 0. The van der Waals surface area contributed by atoms with Gasteiger partial charge in [-0.3, -0.25) is 0 Å². The molecule has 1 nitrogen and oxygen atoms in total. The minimum atomic E-state index is -0.217. The van der Waals surface area contributed by atoms with Crippen LogP contribution in [0.5, 0.6) is 0 Å². The Balaban J connectivity index is 1.96. The molecule has 1 heterocycles. The van der Waals surface area contributed by atoms with Gasteiger partial charge >= 0.3 is 0 Å². The van der Waals surface area contributed by atoms with E-state index in [4.69, 9.17) is 4.18 Å². The lowest BCUT2D eigenvalue weighted by atomic mass is 10.3. The Labute approximate surface area is 121 Å². The molecular weight excluding hydrogens is 272 g/mol. The zero-order valence-corrected chi connectivity index (χ0v) is 12.6. The van der Waals surface area contributed by atoms with Gasteiger partial charge in [-0.25, -0.2) is 0 Å². The topological polar surface area (TPSA) is 9.23 Å². The first kappa shape index (κ1) is 13.1. The molecule has 0 fully saturated rings. The average molecular weight is 289 g/mol. The summed E-state index contributed by atoms with van der Waals surface area (Å²) in [5, 5.41) is 0. The van der Waals surface area contributed by atoms with Crippen molar-refractivity contribution in [3.63, 3.8) is 0 Å². The first-order chi connectivity index (χ1) is 9.40. The molecule has 1 aliphatic heterocycles. The molecular formula is C16H17OS2+. The first-order valence-corrected chi connectivity index (χ1v) is 8.60. The summed E-state index contributed by atoms with van der Waals surface area (Å²) in [6.45, 7) is 3.04. The minimum absolute atomic E-state index is 0.217. The van der Waals surface area contributed by atoms with Crippen molar-refractivity contribution in [2.45, 2.75) is 39.3 Å². The maximum atomic E-state index is 6.19. The summed E-state index contributed by atoms with van der Waals surface area (Å²) >= 11 is 1.64. The van der Waals surface area contributed by atoms with Crippen LogP contribution >= 0.6 is 11.8 Å². The highest BCUT2D eigenvalue weighted by molar-refractivity contribution is 8.02. The predicted octanol–water partition coefficient (Wildman–Crippen LogP) is 4.92. The van der Waals surface area contributed by atoms with Crippen LogP contribution < -0.4 is 0 Å². The maximum absolute atomic E-state index is 6.19. The molecule has 2 aromatic carbocycles. The number of unbranched alkanes of at least 4 members (excludes halogenated alkanes) is 1.